The molecule has 140 valence electrons. The van der Waals surface area contributed by atoms with E-state index in [4.69, 9.17) is 0 Å². The van der Waals surface area contributed by atoms with E-state index in [2.05, 4.69) is 5.10 Å². The van der Waals surface area contributed by atoms with Crippen LogP contribution in [0.2, 0.25) is 0 Å². The highest BCUT2D eigenvalue weighted by Gasteiger charge is 2.35. The van der Waals surface area contributed by atoms with Gasteiger partial charge in [-0.3, -0.25) is 14.4 Å². The normalized spacial score (nSPS) is 21.4. The SMILES string of the molecule is CC(=O)C1CCC(n2cc(N(C(=O)O)C(C)(C)C)c(C(F)F)n2)CC1. The quantitative estimate of drug-likeness (QED) is 0.865. The molecule has 1 fully saturated rings. The minimum atomic E-state index is -2.87. The lowest BCUT2D eigenvalue weighted by atomic mass is 9.84. The first-order chi connectivity index (χ1) is 11.5. The lowest BCUT2D eigenvalue weighted by Gasteiger charge is -2.32. The number of aromatic nitrogens is 2. The topological polar surface area (TPSA) is 75.4 Å². The van der Waals surface area contributed by atoms with Crippen molar-refractivity contribution < 1.29 is 23.5 Å². The predicted octanol–water partition coefficient (Wildman–Crippen LogP) is 4.42. The largest absolute Gasteiger partial charge is 0.465 e. The van der Waals surface area contributed by atoms with E-state index < -0.39 is 23.8 Å². The Morgan fingerprint density at radius 2 is 1.84 bits per heavy atom. The summed E-state index contributed by atoms with van der Waals surface area (Å²) in [4.78, 5) is 24.0. The first kappa shape index (κ1) is 19.3. The van der Waals surface area contributed by atoms with E-state index in [1.807, 2.05) is 0 Å². The second-order valence-corrected chi connectivity index (χ2v) is 7.59. The van der Waals surface area contributed by atoms with Crippen molar-refractivity contribution in [3.8, 4) is 0 Å². The van der Waals surface area contributed by atoms with Gasteiger partial charge in [0.2, 0.25) is 0 Å². The number of rotatable bonds is 4. The summed E-state index contributed by atoms with van der Waals surface area (Å²) in [6.45, 7) is 6.50. The number of hydrogen-bond donors (Lipinski definition) is 1. The second kappa shape index (κ2) is 7.09. The van der Waals surface area contributed by atoms with E-state index >= 15 is 0 Å². The Morgan fingerprint density at radius 3 is 2.24 bits per heavy atom. The number of ketones is 1. The number of carboxylic acid groups (broad SMARTS) is 1. The van der Waals surface area contributed by atoms with E-state index in [0.29, 0.717) is 25.7 Å². The molecule has 25 heavy (non-hydrogen) atoms. The highest BCUT2D eigenvalue weighted by Crippen LogP contribution is 2.37. The van der Waals surface area contributed by atoms with Gasteiger partial charge in [-0.1, -0.05) is 0 Å². The summed E-state index contributed by atoms with van der Waals surface area (Å²) in [6, 6.07) is -0.0996. The summed E-state index contributed by atoms with van der Waals surface area (Å²) in [7, 11) is 0. The van der Waals surface area contributed by atoms with Gasteiger partial charge >= 0.3 is 6.09 Å². The van der Waals surface area contributed by atoms with Crippen LogP contribution < -0.4 is 4.90 Å². The Hall–Kier alpha value is -1.99. The van der Waals surface area contributed by atoms with Crippen LogP contribution >= 0.6 is 0 Å². The lowest BCUT2D eigenvalue weighted by Crippen LogP contribution is -2.45. The van der Waals surface area contributed by atoms with Crippen molar-refractivity contribution in [2.24, 2.45) is 5.92 Å². The first-order valence-corrected chi connectivity index (χ1v) is 8.43. The van der Waals surface area contributed by atoms with Gasteiger partial charge in [0.1, 0.15) is 5.78 Å². The van der Waals surface area contributed by atoms with Crippen LogP contribution in [0.3, 0.4) is 0 Å². The number of Topliss-reactive ketones (excluding diaryl/α,β-unsaturated/α-hetero) is 1. The molecule has 1 aromatic heterocycles. The van der Waals surface area contributed by atoms with E-state index in [1.165, 1.54) is 10.9 Å². The number of anilines is 1. The van der Waals surface area contributed by atoms with E-state index in [9.17, 15) is 23.5 Å². The van der Waals surface area contributed by atoms with Gasteiger partial charge in [0.15, 0.2) is 5.69 Å². The summed E-state index contributed by atoms with van der Waals surface area (Å²) in [5, 5.41) is 13.5. The summed E-state index contributed by atoms with van der Waals surface area (Å²) in [5.74, 6) is 0.170. The van der Waals surface area contributed by atoms with Crippen molar-refractivity contribution >= 4 is 17.6 Å². The molecule has 0 aromatic carbocycles. The number of carbonyl (C=O) groups is 2. The van der Waals surface area contributed by atoms with Gasteiger partial charge in [0.05, 0.1) is 11.7 Å². The Kier molecular flexibility index (Phi) is 5.49. The zero-order valence-electron chi connectivity index (χ0n) is 15.0. The van der Waals surface area contributed by atoms with Crippen molar-refractivity contribution in [1.82, 2.24) is 9.78 Å². The molecule has 0 unspecified atom stereocenters. The molecular formula is C17H25F2N3O3. The number of nitrogens with zero attached hydrogens (tertiary/aromatic N) is 3. The number of amides is 1. The molecule has 0 aliphatic heterocycles. The van der Waals surface area contributed by atoms with Gasteiger partial charge in [-0.25, -0.2) is 13.6 Å². The second-order valence-electron chi connectivity index (χ2n) is 7.59. The fourth-order valence-electron chi connectivity index (χ4n) is 3.41. The maximum absolute atomic E-state index is 13.4. The van der Waals surface area contributed by atoms with Gasteiger partial charge in [-0.15, -0.1) is 0 Å². The molecule has 2 rings (SSSR count). The van der Waals surface area contributed by atoms with Crippen LogP contribution in [0.1, 0.15) is 71.5 Å². The van der Waals surface area contributed by atoms with E-state index in [0.717, 1.165) is 4.90 Å². The summed E-state index contributed by atoms with van der Waals surface area (Å²) in [6.07, 6.45) is -0.0435. The molecule has 0 atom stereocenters. The Morgan fingerprint density at radius 1 is 1.28 bits per heavy atom. The fourth-order valence-corrected chi connectivity index (χ4v) is 3.41. The molecule has 0 spiro atoms. The third-order valence-corrected chi connectivity index (χ3v) is 4.70. The maximum atomic E-state index is 13.4. The molecule has 1 aromatic rings. The lowest BCUT2D eigenvalue weighted by molar-refractivity contribution is -0.121. The van der Waals surface area contributed by atoms with Crippen LogP contribution in [-0.2, 0) is 4.79 Å². The highest BCUT2D eigenvalue weighted by molar-refractivity contribution is 5.88. The molecular weight excluding hydrogens is 332 g/mol. The summed E-state index contributed by atoms with van der Waals surface area (Å²) < 4.78 is 28.3. The monoisotopic (exact) mass is 357 g/mol. The molecule has 1 saturated carbocycles. The van der Waals surface area contributed by atoms with Gasteiger partial charge in [-0.2, -0.15) is 5.10 Å². The van der Waals surface area contributed by atoms with Gasteiger partial charge < -0.3 is 5.11 Å². The van der Waals surface area contributed by atoms with Crippen LogP contribution in [0.15, 0.2) is 6.20 Å². The molecule has 0 radical (unpaired) electrons. The minimum absolute atomic E-state index is 0.0194. The number of carbonyl (C=O) groups excluding carboxylic acids is 1. The molecule has 1 aliphatic rings. The average Bonchev–Trinajstić information content (AvgIpc) is 2.90. The highest BCUT2D eigenvalue weighted by atomic mass is 19.3. The molecule has 1 N–H and O–H groups in total. The number of alkyl halides is 2. The van der Waals surface area contributed by atoms with Crippen molar-refractivity contribution in [3.05, 3.63) is 11.9 Å². The third kappa shape index (κ3) is 4.16. The molecule has 1 aliphatic carbocycles. The Labute approximate surface area is 145 Å². The van der Waals surface area contributed by atoms with Crippen molar-refractivity contribution in [1.29, 1.82) is 0 Å². The molecule has 1 amide bonds. The van der Waals surface area contributed by atoms with Crippen molar-refractivity contribution in [2.45, 2.75) is 71.4 Å². The van der Waals surface area contributed by atoms with E-state index in [-0.39, 0.29) is 23.4 Å². The number of hydrogen-bond acceptors (Lipinski definition) is 3. The van der Waals surface area contributed by atoms with E-state index in [1.54, 1.807) is 27.7 Å². The van der Waals surface area contributed by atoms with Crippen LogP contribution in [0, 0.1) is 5.92 Å². The standard InChI is InChI=1S/C17H25F2N3O3/c1-10(23)11-5-7-12(8-6-11)21-9-13(14(20-21)15(18)19)22(16(24)25)17(2,3)4/h9,11-12,15H,5-8H2,1-4H3,(H,24,25). The van der Waals surface area contributed by atoms with Gasteiger partial charge in [0, 0.05) is 17.7 Å². The Bertz CT molecular complexity index is 644. The number of halogens is 2. The average molecular weight is 357 g/mol. The van der Waals surface area contributed by atoms with Crippen LogP contribution in [-0.4, -0.2) is 32.3 Å². The van der Waals surface area contributed by atoms with Crippen LogP contribution in [0.5, 0.6) is 0 Å². The molecule has 8 heteroatoms. The van der Waals surface area contributed by atoms with Crippen LogP contribution in [0.4, 0.5) is 19.3 Å². The summed E-state index contributed by atoms with van der Waals surface area (Å²) in [5.41, 5.74) is -1.48. The fraction of sp³-hybridized carbons (Fsp3) is 0.706. The Balaban J connectivity index is 2.34. The van der Waals surface area contributed by atoms with Gasteiger partial charge in [0.25, 0.3) is 6.43 Å². The zero-order chi connectivity index (χ0) is 18.9. The maximum Gasteiger partial charge on any atom is 0.412 e. The molecule has 0 saturated heterocycles. The molecule has 0 bridgehead atoms. The van der Waals surface area contributed by atoms with Crippen LogP contribution in [0.25, 0.3) is 0 Å². The van der Waals surface area contributed by atoms with Gasteiger partial charge in [-0.05, 0) is 53.4 Å². The zero-order valence-corrected chi connectivity index (χ0v) is 15.0. The predicted molar refractivity (Wildman–Crippen MR) is 89.1 cm³/mol. The molecule has 6 nitrogen and oxygen atoms in total. The van der Waals surface area contributed by atoms with Crippen molar-refractivity contribution in [2.75, 3.05) is 4.90 Å². The van der Waals surface area contributed by atoms with Crippen molar-refractivity contribution in [3.63, 3.8) is 0 Å². The smallest absolute Gasteiger partial charge is 0.412 e. The third-order valence-electron chi connectivity index (χ3n) is 4.70. The minimum Gasteiger partial charge on any atom is -0.465 e. The summed E-state index contributed by atoms with van der Waals surface area (Å²) >= 11 is 0. The molecule has 1 heterocycles. The first-order valence-electron chi connectivity index (χ1n) is 8.43.